The van der Waals surface area contributed by atoms with Gasteiger partial charge in [-0.25, -0.2) is 4.39 Å². The van der Waals surface area contributed by atoms with Crippen molar-refractivity contribution in [3.63, 3.8) is 0 Å². The molecule has 0 aliphatic heterocycles. The Morgan fingerprint density at radius 3 is 2.50 bits per heavy atom. The molecule has 1 aromatic heterocycles. The van der Waals surface area contributed by atoms with Gasteiger partial charge in [0.05, 0.1) is 0 Å². The molecular formula is C25H22FN3O. The lowest BCUT2D eigenvalue weighted by atomic mass is 9.90. The lowest BCUT2D eigenvalue weighted by molar-refractivity contribution is 0.485. The van der Waals surface area contributed by atoms with E-state index >= 15 is 0 Å². The lowest BCUT2D eigenvalue weighted by Crippen LogP contribution is -2.17. The zero-order valence-electron chi connectivity index (χ0n) is 16.5. The monoisotopic (exact) mass is 399 g/mol. The Labute approximate surface area is 174 Å². The summed E-state index contributed by atoms with van der Waals surface area (Å²) in [5.41, 5.74) is 4.97. The minimum atomic E-state index is -0.579. The van der Waals surface area contributed by atoms with Crippen molar-refractivity contribution in [3.05, 3.63) is 101 Å². The van der Waals surface area contributed by atoms with Crippen molar-refractivity contribution in [2.75, 3.05) is 5.32 Å². The second kappa shape index (κ2) is 8.11. The predicted octanol–water partition coefficient (Wildman–Crippen LogP) is 5.96. The van der Waals surface area contributed by atoms with Gasteiger partial charge in [-0.15, -0.1) is 10.2 Å². The van der Waals surface area contributed by atoms with Gasteiger partial charge in [0.1, 0.15) is 11.9 Å². The Bertz CT molecular complexity index is 1160. The summed E-state index contributed by atoms with van der Waals surface area (Å²) in [6, 6.07) is 22.0. The molecule has 1 N–H and O–H groups in total. The molecule has 0 amide bonds. The van der Waals surface area contributed by atoms with Crippen LogP contribution < -0.4 is 5.32 Å². The normalized spacial score (nSPS) is 14.2. The molecule has 0 saturated carbocycles. The third-order valence-electron chi connectivity index (χ3n) is 5.62. The van der Waals surface area contributed by atoms with Crippen molar-refractivity contribution in [3.8, 4) is 11.5 Å². The Kier molecular flexibility index (Phi) is 5.01. The molecule has 1 heterocycles. The fourth-order valence-electron chi connectivity index (χ4n) is 4.10. The van der Waals surface area contributed by atoms with Gasteiger partial charge in [0.15, 0.2) is 0 Å². The number of aromatic nitrogens is 2. The van der Waals surface area contributed by atoms with Crippen LogP contribution in [0.25, 0.3) is 11.5 Å². The van der Waals surface area contributed by atoms with Crippen molar-refractivity contribution in [2.24, 2.45) is 0 Å². The van der Waals surface area contributed by atoms with Crippen molar-refractivity contribution < 1.29 is 8.81 Å². The smallest absolute Gasteiger partial charge is 0.247 e. The number of aryl methyl sites for hydroxylation is 1. The van der Waals surface area contributed by atoms with Gasteiger partial charge in [-0.05, 0) is 61.1 Å². The van der Waals surface area contributed by atoms with Crippen LogP contribution in [0, 0.1) is 5.82 Å². The molecule has 4 nitrogen and oxygen atoms in total. The van der Waals surface area contributed by atoms with E-state index in [1.54, 1.807) is 12.1 Å². The SMILES string of the molecule is Fc1ccccc1[C@@H](Nc1cccc2c1CCCC2)c1nnc(-c2ccccc2)o1. The number of nitrogens with one attached hydrogen (secondary N) is 1. The van der Waals surface area contributed by atoms with E-state index in [0.29, 0.717) is 17.3 Å². The average Bonchev–Trinajstić information content (AvgIpc) is 3.29. The largest absolute Gasteiger partial charge is 0.418 e. The van der Waals surface area contributed by atoms with Gasteiger partial charge < -0.3 is 9.73 Å². The number of hydrogen-bond acceptors (Lipinski definition) is 4. The Morgan fingerprint density at radius 2 is 1.63 bits per heavy atom. The topological polar surface area (TPSA) is 51.0 Å². The number of nitrogens with zero attached hydrogens (tertiary/aromatic N) is 2. The van der Waals surface area contributed by atoms with Gasteiger partial charge in [0.25, 0.3) is 0 Å². The number of benzene rings is 3. The van der Waals surface area contributed by atoms with E-state index in [-0.39, 0.29) is 5.82 Å². The van der Waals surface area contributed by atoms with Crippen molar-refractivity contribution in [2.45, 2.75) is 31.7 Å². The summed E-state index contributed by atoms with van der Waals surface area (Å²) in [6.45, 7) is 0. The molecular weight excluding hydrogens is 377 g/mol. The van der Waals surface area contributed by atoms with Crippen molar-refractivity contribution >= 4 is 5.69 Å². The van der Waals surface area contributed by atoms with Crippen LogP contribution >= 0.6 is 0 Å². The first kappa shape index (κ1) is 18.6. The van der Waals surface area contributed by atoms with Crippen LogP contribution in [0.1, 0.15) is 41.5 Å². The minimum absolute atomic E-state index is 0.306. The van der Waals surface area contributed by atoms with E-state index in [4.69, 9.17) is 4.42 Å². The number of fused-ring (bicyclic) bond motifs is 1. The quantitative estimate of drug-likeness (QED) is 0.450. The number of rotatable bonds is 5. The zero-order valence-corrected chi connectivity index (χ0v) is 16.5. The van der Waals surface area contributed by atoms with E-state index in [2.05, 4.69) is 21.6 Å². The second-order valence-corrected chi connectivity index (χ2v) is 7.56. The standard InChI is InChI=1S/C25H22FN3O/c26-21-15-7-6-14-20(21)23(25-29-28-24(30-25)18-10-2-1-3-11-18)27-22-16-8-12-17-9-4-5-13-19(17)22/h1-3,6-8,10-12,14-16,23,27H,4-5,9,13H2/t23-/m1/s1. The average molecular weight is 399 g/mol. The van der Waals surface area contributed by atoms with E-state index in [0.717, 1.165) is 30.5 Å². The summed E-state index contributed by atoms with van der Waals surface area (Å²) < 4.78 is 20.8. The Morgan fingerprint density at radius 1 is 0.833 bits per heavy atom. The maximum Gasteiger partial charge on any atom is 0.247 e. The Balaban J connectivity index is 1.56. The molecule has 1 aliphatic carbocycles. The van der Waals surface area contributed by atoms with Gasteiger partial charge in [-0.1, -0.05) is 48.5 Å². The first-order chi connectivity index (χ1) is 14.8. The summed E-state index contributed by atoms with van der Waals surface area (Å²) in [5, 5.41) is 12.0. The summed E-state index contributed by atoms with van der Waals surface area (Å²) in [6.07, 6.45) is 4.46. The molecule has 30 heavy (non-hydrogen) atoms. The van der Waals surface area contributed by atoms with Gasteiger partial charge >= 0.3 is 0 Å². The van der Waals surface area contributed by atoms with E-state index in [1.807, 2.05) is 48.5 Å². The first-order valence-corrected chi connectivity index (χ1v) is 10.3. The van der Waals surface area contributed by atoms with Crippen LogP contribution in [0.2, 0.25) is 0 Å². The molecule has 1 aliphatic rings. The van der Waals surface area contributed by atoms with Crippen LogP contribution in [-0.2, 0) is 12.8 Å². The van der Waals surface area contributed by atoms with Crippen LogP contribution in [0.15, 0.2) is 77.2 Å². The Hall–Kier alpha value is -3.47. The van der Waals surface area contributed by atoms with Gasteiger partial charge in [0, 0.05) is 16.8 Å². The molecule has 3 aromatic carbocycles. The van der Waals surface area contributed by atoms with E-state index in [9.17, 15) is 4.39 Å². The fourth-order valence-corrected chi connectivity index (χ4v) is 4.10. The molecule has 4 aromatic rings. The summed E-state index contributed by atoms with van der Waals surface area (Å²) in [4.78, 5) is 0. The van der Waals surface area contributed by atoms with Crippen LogP contribution in [0.4, 0.5) is 10.1 Å². The maximum absolute atomic E-state index is 14.8. The maximum atomic E-state index is 14.8. The highest BCUT2D eigenvalue weighted by Crippen LogP contribution is 2.34. The van der Waals surface area contributed by atoms with Crippen molar-refractivity contribution in [1.82, 2.24) is 10.2 Å². The number of anilines is 1. The van der Waals surface area contributed by atoms with Crippen molar-refractivity contribution in [1.29, 1.82) is 0 Å². The minimum Gasteiger partial charge on any atom is -0.418 e. The molecule has 1 atom stereocenters. The number of halogens is 1. The summed E-state index contributed by atoms with van der Waals surface area (Å²) in [7, 11) is 0. The molecule has 0 fully saturated rings. The lowest BCUT2D eigenvalue weighted by Gasteiger charge is -2.23. The zero-order chi connectivity index (χ0) is 20.3. The van der Waals surface area contributed by atoms with Gasteiger partial charge in [0.2, 0.25) is 11.8 Å². The highest BCUT2D eigenvalue weighted by atomic mass is 19.1. The molecule has 0 bridgehead atoms. The van der Waals surface area contributed by atoms with Gasteiger partial charge in [-0.2, -0.15) is 0 Å². The molecule has 0 unspecified atom stereocenters. The molecule has 0 spiro atoms. The van der Waals surface area contributed by atoms with Crippen LogP contribution in [0.3, 0.4) is 0 Å². The summed E-state index contributed by atoms with van der Waals surface area (Å²) in [5.74, 6) is 0.454. The third kappa shape index (κ3) is 3.59. The highest BCUT2D eigenvalue weighted by molar-refractivity contribution is 5.58. The fraction of sp³-hybridized carbons (Fsp3) is 0.200. The number of hydrogen-bond donors (Lipinski definition) is 1. The highest BCUT2D eigenvalue weighted by Gasteiger charge is 2.25. The van der Waals surface area contributed by atoms with E-state index < -0.39 is 6.04 Å². The molecule has 5 heteroatoms. The molecule has 0 radical (unpaired) electrons. The molecule has 0 saturated heterocycles. The third-order valence-corrected chi connectivity index (χ3v) is 5.62. The van der Waals surface area contributed by atoms with E-state index in [1.165, 1.54) is 23.6 Å². The molecule has 150 valence electrons. The van der Waals surface area contributed by atoms with Crippen LogP contribution in [-0.4, -0.2) is 10.2 Å². The predicted molar refractivity (Wildman–Crippen MR) is 115 cm³/mol. The molecule has 5 rings (SSSR count). The first-order valence-electron chi connectivity index (χ1n) is 10.3. The summed E-state index contributed by atoms with van der Waals surface area (Å²) >= 11 is 0. The van der Waals surface area contributed by atoms with Crippen LogP contribution in [0.5, 0.6) is 0 Å². The van der Waals surface area contributed by atoms with Gasteiger partial charge in [-0.3, -0.25) is 0 Å². The second-order valence-electron chi connectivity index (χ2n) is 7.56.